The van der Waals surface area contributed by atoms with Crippen molar-refractivity contribution in [3.05, 3.63) is 33.5 Å². The fourth-order valence-electron chi connectivity index (χ4n) is 1.68. The lowest BCUT2D eigenvalue weighted by molar-refractivity contribution is -0.137. The van der Waals surface area contributed by atoms with Crippen LogP contribution in [-0.4, -0.2) is 11.1 Å². The maximum atomic E-state index is 13.7. The molecule has 0 aromatic heterocycles. The van der Waals surface area contributed by atoms with Crippen molar-refractivity contribution in [2.75, 3.05) is 0 Å². The van der Waals surface area contributed by atoms with Crippen molar-refractivity contribution in [3.63, 3.8) is 0 Å². The Hall–Kier alpha value is -0.900. The summed E-state index contributed by atoms with van der Waals surface area (Å²) >= 11 is 3.19. The number of carboxylic acids is 1. The molecular formula is C13H16BrFO2. The third-order valence-corrected chi connectivity index (χ3v) is 3.17. The summed E-state index contributed by atoms with van der Waals surface area (Å²) in [6, 6.07) is 3.55. The molecule has 17 heavy (non-hydrogen) atoms. The minimum Gasteiger partial charge on any atom is -0.481 e. The molecule has 0 atom stereocenters. The molecule has 94 valence electrons. The largest absolute Gasteiger partial charge is 0.481 e. The molecule has 0 bridgehead atoms. The van der Waals surface area contributed by atoms with Crippen molar-refractivity contribution in [2.24, 2.45) is 0 Å². The van der Waals surface area contributed by atoms with E-state index in [0.29, 0.717) is 22.9 Å². The van der Waals surface area contributed by atoms with Gasteiger partial charge in [-0.3, -0.25) is 4.79 Å². The molecular weight excluding hydrogens is 287 g/mol. The lowest BCUT2D eigenvalue weighted by Crippen LogP contribution is -1.99. The van der Waals surface area contributed by atoms with Crippen molar-refractivity contribution in [3.8, 4) is 0 Å². The second-order valence-corrected chi connectivity index (χ2v) is 5.24. The quantitative estimate of drug-likeness (QED) is 0.888. The summed E-state index contributed by atoms with van der Waals surface area (Å²) in [6.45, 7) is 3.87. The van der Waals surface area contributed by atoms with Gasteiger partial charge in [0, 0.05) is 6.42 Å². The Morgan fingerprint density at radius 2 is 2.12 bits per heavy atom. The van der Waals surface area contributed by atoms with Crippen molar-refractivity contribution in [1.29, 1.82) is 0 Å². The Morgan fingerprint density at radius 1 is 1.47 bits per heavy atom. The van der Waals surface area contributed by atoms with E-state index >= 15 is 0 Å². The summed E-state index contributed by atoms with van der Waals surface area (Å²) in [6.07, 6.45) is 1.38. The molecule has 0 heterocycles. The Morgan fingerprint density at radius 3 is 2.65 bits per heavy atom. The Bertz CT molecular complexity index is 416. The lowest BCUT2D eigenvalue weighted by atomic mass is 9.98. The van der Waals surface area contributed by atoms with Crippen LogP contribution in [0.25, 0.3) is 0 Å². The van der Waals surface area contributed by atoms with E-state index in [4.69, 9.17) is 5.11 Å². The molecule has 0 spiro atoms. The van der Waals surface area contributed by atoms with Gasteiger partial charge < -0.3 is 5.11 Å². The average molecular weight is 303 g/mol. The van der Waals surface area contributed by atoms with E-state index < -0.39 is 5.97 Å². The molecule has 1 rings (SSSR count). The van der Waals surface area contributed by atoms with E-state index in [0.717, 1.165) is 5.56 Å². The molecule has 0 amide bonds. The molecule has 0 aliphatic carbocycles. The Kier molecular flexibility index (Phi) is 5.12. The number of aliphatic carboxylic acids is 1. The third-order valence-electron chi connectivity index (χ3n) is 2.59. The van der Waals surface area contributed by atoms with Gasteiger partial charge in [-0.05, 0) is 51.9 Å². The average Bonchev–Trinajstić information content (AvgIpc) is 2.22. The van der Waals surface area contributed by atoms with Crippen LogP contribution in [0.3, 0.4) is 0 Å². The topological polar surface area (TPSA) is 37.3 Å². The molecule has 1 N–H and O–H groups in total. The highest BCUT2D eigenvalue weighted by Gasteiger charge is 2.12. The van der Waals surface area contributed by atoms with Gasteiger partial charge in [0.1, 0.15) is 5.82 Å². The molecule has 0 fully saturated rings. The SMILES string of the molecule is CC(C)c1cc(CCCC(=O)O)cc(Br)c1F. The molecule has 0 unspecified atom stereocenters. The van der Waals surface area contributed by atoms with Gasteiger partial charge in [-0.2, -0.15) is 0 Å². The van der Waals surface area contributed by atoms with E-state index in [1.54, 1.807) is 6.07 Å². The van der Waals surface area contributed by atoms with Crippen LogP contribution < -0.4 is 0 Å². The predicted molar refractivity (Wildman–Crippen MR) is 68.8 cm³/mol. The highest BCUT2D eigenvalue weighted by molar-refractivity contribution is 9.10. The molecule has 0 radical (unpaired) electrons. The second kappa shape index (κ2) is 6.15. The van der Waals surface area contributed by atoms with Gasteiger partial charge in [-0.15, -0.1) is 0 Å². The zero-order chi connectivity index (χ0) is 13.0. The van der Waals surface area contributed by atoms with E-state index in [1.165, 1.54) is 0 Å². The number of hydrogen-bond acceptors (Lipinski definition) is 1. The van der Waals surface area contributed by atoms with Gasteiger partial charge >= 0.3 is 5.97 Å². The first kappa shape index (κ1) is 14.2. The minimum atomic E-state index is -0.796. The number of carboxylic acid groups (broad SMARTS) is 1. The monoisotopic (exact) mass is 302 g/mol. The van der Waals surface area contributed by atoms with Crippen molar-refractivity contribution in [2.45, 2.75) is 39.0 Å². The van der Waals surface area contributed by atoms with Crippen molar-refractivity contribution >= 4 is 21.9 Å². The Labute approximate surface area is 109 Å². The van der Waals surface area contributed by atoms with Crippen LogP contribution in [0.1, 0.15) is 43.7 Å². The van der Waals surface area contributed by atoms with Crippen molar-refractivity contribution in [1.82, 2.24) is 0 Å². The van der Waals surface area contributed by atoms with Gasteiger partial charge in [-0.1, -0.05) is 19.9 Å². The second-order valence-electron chi connectivity index (χ2n) is 4.38. The zero-order valence-corrected chi connectivity index (χ0v) is 11.6. The molecule has 0 saturated carbocycles. The van der Waals surface area contributed by atoms with Crippen LogP contribution in [0.5, 0.6) is 0 Å². The van der Waals surface area contributed by atoms with Gasteiger partial charge in [0.2, 0.25) is 0 Å². The molecule has 1 aromatic rings. The van der Waals surface area contributed by atoms with Crippen LogP contribution in [0.4, 0.5) is 4.39 Å². The van der Waals surface area contributed by atoms with Gasteiger partial charge in [0.05, 0.1) is 4.47 Å². The summed E-state index contributed by atoms with van der Waals surface area (Å²) in [7, 11) is 0. The van der Waals surface area contributed by atoms with E-state index in [-0.39, 0.29) is 18.2 Å². The van der Waals surface area contributed by atoms with Crippen LogP contribution in [0.15, 0.2) is 16.6 Å². The number of halogens is 2. The van der Waals surface area contributed by atoms with E-state index in [9.17, 15) is 9.18 Å². The van der Waals surface area contributed by atoms with Crippen LogP contribution >= 0.6 is 15.9 Å². The van der Waals surface area contributed by atoms with Gasteiger partial charge in [-0.25, -0.2) is 4.39 Å². The summed E-state index contributed by atoms with van der Waals surface area (Å²) in [5.41, 5.74) is 1.65. The maximum Gasteiger partial charge on any atom is 0.303 e. The number of benzene rings is 1. The van der Waals surface area contributed by atoms with E-state index in [2.05, 4.69) is 15.9 Å². The normalized spacial score (nSPS) is 10.9. The van der Waals surface area contributed by atoms with Gasteiger partial charge in [0.15, 0.2) is 0 Å². The summed E-state index contributed by atoms with van der Waals surface area (Å²) in [5.74, 6) is -0.900. The fraction of sp³-hybridized carbons (Fsp3) is 0.462. The zero-order valence-electron chi connectivity index (χ0n) is 9.96. The van der Waals surface area contributed by atoms with Crippen LogP contribution in [0.2, 0.25) is 0 Å². The molecule has 0 aliphatic rings. The minimum absolute atomic E-state index is 0.116. The molecule has 0 saturated heterocycles. The van der Waals surface area contributed by atoms with Crippen LogP contribution in [-0.2, 0) is 11.2 Å². The number of aryl methyl sites for hydroxylation is 1. The fourth-order valence-corrected chi connectivity index (χ4v) is 2.20. The lowest BCUT2D eigenvalue weighted by Gasteiger charge is -2.11. The molecule has 0 aliphatic heterocycles. The molecule has 1 aromatic carbocycles. The molecule has 2 nitrogen and oxygen atoms in total. The maximum absolute atomic E-state index is 13.7. The Balaban J connectivity index is 2.83. The first-order valence-electron chi connectivity index (χ1n) is 5.61. The summed E-state index contributed by atoms with van der Waals surface area (Å²) < 4.78 is 14.2. The smallest absolute Gasteiger partial charge is 0.303 e. The number of carbonyl (C=O) groups is 1. The van der Waals surface area contributed by atoms with Crippen molar-refractivity contribution < 1.29 is 14.3 Å². The first-order valence-corrected chi connectivity index (χ1v) is 6.40. The highest BCUT2D eigenvalue weighted by atomic mass is 79.9. The highest BCUT2D eigenvalue weighted by Crippen LogP contribution is 2.27. The third kappa shape index (κ3) is 4.11. The van der Waals surface area contributed by atoms with E-state index in [1.807, 2.05) is 19.9 Å². The van der Waals surface area contributed by atoms with Gasteiger partial charge in [0.25, 0.3) is 0 Å². The summed E-state index contributed by atoms with van der Waals surface area (Å²) in [4.78, 5) is 10.4. The van der Waals surface area contributed by atoms with Crippen LogP contribution in [0, 0.1) is 5.82 Å². The standard InChI is InChI=1S/C13H16BrFO2/c1-8(2)10-6-9(4-3-5-12(16)17)7-11(14)13(10)15/h6-8H,3-5H2,1-2H3,(H,16,17). The number of rotatable bonds is 5. The molecule has 4 heteroatoms. The first-order chi connectivity index (χ1) is 7.91. The number of hydrogen-bond donors (Lipinski definition) is 1. The summed E-state index contributed by atoms with van der Waals surface area (Å²) in [5, 5.41) is 8.56. The predicted octanol–water partition coefficient (Wildman–Crippen LogP) is 4.12.